The van der Waals surface area contributed by atoms with E-state index < -0.39 is 14.3 Å². The van der Waals surface area contributed by atoms with E-state index in [1.54, 1.807) is 6.26 Å². The van der Waals surface area contributed by atoms with E-state index >= 15 is 0 Å². The van der Waals surface area contributed by atoms with Gasteiger partial charge < -0.3 is 0 Å². The van der Waals surface area contributed by atoms with Gasteiger partial charge in [-0.3, -0.25) is 0 Å². The van der Waals surface area contributed by atoms with Crippen molar-refractivity contribution in [1.29, 1.82) is 0 Å². The van der Waals surface area contributed by atoms with E-state index in [-0.39, 0.29) is 0 Å². The van der Waals surface area contributed by atoms with Gasteiger partial charge in [0.25, 0.3) is 0 Å². The third-order valence-corrected chi connectivity index (χ3v) is 8.85. The molecule has 3 fully saturated rings. The average Bonchev–Trinajstić information content (AvgIpc) is 2.72. The molecule has 0 aliphatic carbocycles. The van der Waals surface area contributed by atoms with Crippen molar-refractivity contribution >= 4 is 14.3 Å². The molecular weight excluding hydrogens is 283 g/mol. The molecule has 0 unspecified atom stereocenters. The van der Waals surface area contributed by atoms with E-state index in [0.717, 1.165) is 25.4 Å². The number of hydrogen-bond acceptors (Lipinski definition) is 5. The number of hydrogen-bond donors (Lipinski definition) is 0. The summed E-state index contributed by atoms with van der Waals surface area (Å²) in [5.74, 6) is 0.906. The van der Waals surface area contributed by atoms with Crippen LogP contribution in [0.25, 0.3) is 0 Å². The minimum atomic E-state index is -3.11. The molecule has 0 amide bonds. The second-order valence-corrected chi connectivity index (χ2v) is 9.75. The quantitative estimate of drug-likeness (QED) is 0.752. The van der Waals surface area contributed by atoms with Gasteiger partial charge in [0.05, 0.1) is 0 Å². The first-order chi connectivity index (χ1) is 8.36. The Balaban J connectivity index is 1.76. The van der Waals surface area contributed by atoms with E-state index in [0.29, 0.717) is 25.1 Å². The molecule has 3 aliphatic rings. The summed E-state index contributed by atoms with van der Waals surface area (Å²) < 4.78 is 23.3. The van der Waals surface area contributed by atoms with Crippen LogP contribution in [0.5, 0.6) is 0 Å². The van der Waals surface area contributed by atoms with Crippen LogP contribution >= 0.6 is 0 Å². The van der Waals surface area contributed by atoms with E-state index in [2.05, 4.69) is 4.90 Å². The van der Waals surface area contributed by atoms with E-state index in [9.17, 15) is 0 Å². The maximum atomic E-state index is 5.96. The molecule has 0 spiro atoms. The number of rotatable bonds is 2. The Morgan fingerprint density at radius 1 is 1.06 bits per heavy atom. The zero-order valence-corrected chi connectivity index (χ0v) is 11.9. The Labute approximate surface area is 104 Å². The van der Waals surface area contributed by atoms with Crippen LogP contribution in [0, 0.1) is 0 Å². The van der Waals surface area contributed by atoms with Crippen LogP contribution < -0.4 is 0 Å². The molecule has 3 saturated heterocycles. The monoisotopic (exact) mass is 301 g/mol. The minimum absolute atomic E-state index is 0.688. The fourth-order valence-electron chi connectivity index (χ4n) is 2.23. The molecule has 2 bridgehead atoms. The maximum absolute atomic E-state index is 5.96. The van der Waals surface area contributed by atoms with Gasteiger partial charge in [0.1, 0.15) is 0 Å². The van der Waals surface area contributed by atoms with E-state index in [1.165, 1.54) is 0 Å². The van der Waals surface area contributed by atoms with Crippen molar-refractivity contribution in [2.24, 2.45) is 0 Å². The standard InChI is InChI=1S/C11H17GeNO4/c1-2-11(14-6-1)10-12-15-7-3-13(4-8-16-12)5-9-17-12/h1-2,6H,3-5,7-10H2. The number of fused-ring (bicyclic) bond motifs is 6. The normalized spacial score (nSPS) is 34.0. The summed E-state index contributed by atoms with van der Waals surface area (Å²) in [4.78, 5) is 2.32. The van der Waals surface area contributed by atoms with Crippen molar-refractivity contribution in [3.8, 4) is 0 Å². The van der Waals surface area contributed by atoms with E-state index in [4.69, 9.17) is 15.7 Å². The van der Waals surface area contributed by atoms with Crippen LogP contribution in [0.15, 0.2) is 22.8 Å². The van der Waals surface area contributed by atoms with Crippen molar-refractivity contribution < 1.29 is 15.7 Å². The van der Waals surface area contributed by atoms with Crippen LogP contribution in [0.2, 0.25) is 0 Å². The number of nitrogens with zero attached hydrogens (tertiary/aromatic N) is 1. The molecule has 0 atom stereocenters. The van der Waals surface area contributed by atoms with Crippen LogP contribution in [0.4, 0.5) is 0 Å². The molecule has 1 aromatic rings. The van der Waals surface area contributed by atoms with Gasteiger partial charge in [0, 0.05) is 0 Å². The first-order valence-electron chi connectivity index (χ1n) is 6.03. The second-order valence-electron chi connectivity index (χ2n) is 4.33. The van der Waals surface area contributed by atoms with Gasteiger partial charge in [-0.15, -0.1) is 0 Å². The topological polar surface area (TPSA) is 44.1 Å². The Morgan fingerprint density at radius 3 is 2.24 bits per heavy atom. The molecule has 0 aromatic carbocycles. The molecule has 6 heteroatoms. The zero-order valence-electron chi connectivity index (χ0n) is 9.76. The summed E-state index contributed by atoms with van der Waals surface area (Å²) in [5, 5.41) is 0.688. The Kier molecular flexibility index (Phi) is 3.53. The molecular formula is C11H17GeNO4. The summed E-state index contributed by atoms with van der Waals surface area (Å²) >= 11 is -3.11. The third-order valence-electron chi connectivity index (χ3n) is 3.16. The van der Waals surface area contributed by atoms with Crippen molar-refractivity contribution in [1.82, 2.24) is 4.90 Å². The average molecular weight is 300 g/mol. The van der Waals surface area contributed by atoms with Gasteiger partial charge in [0.2, 0.25) is 0 Å². The van der Waals surface area contributed by atoms with Crippen molar-refractivity contribution in [3.05, 3.63) is 24.2 Å². The summed E-state index contributed by atoms with van der Waals surface area (Å²) in [6.07, 6.45) is 1.68. The van der Waals surface area contributed by atoms with E-state index in [1.807, 2.05) is 12.1 Å². The molecule has 1 aromatic heterocycles. The second kappa shape index (κ2) is 5.11. The molecule has 0 radical (unpaired) electrons. The van der Waals surface area contributed by atoms with Crippen molar-refractivity contribution in [2.45, 2.75) is 5.25 Å². The molecule has 0 N–H and O–H groups in total. The van der Waals surface area contributed by atoms with Crippen LogP contribution in [-0.4, -0.2) is 58.6 Å². The molecule has 0 saturated carbocycles. The van der Waals surface area contributed by atoms with Gasteiger partial charge in [-0.2, -0.15) is 0 Å². The number of furan rings is 1. The summed E-state index contributed by atoms with van der Waals surface area (Å²) in [5.41, 5.74) is 0. The molecule has 4 rings (SSSR count). The fourth-order valence-corrected chi connectivity index (χ4v) is 7.25. The zero-order chi connectivity index (χ0) is 11.6. The Morgan fingerprint density at radius 2 is 1.71 bits per heavy atom. The van der Waals surface area contributed by atoms with Gasteiger partial charge >= 0.3 is 104 Å². The summed E-state index contributed by atoms with van der Waals surface area (Å²) in [7, 11) is 0. The SMILES string of the molecule is c1coc([CH2][Ge]23[O]CCN(CC[O]2)CC[O]3)c1. The molecule has 5 nitrogen and oxygen atoms in total. The molecule has 3 aliphatic heterocycles. The first-order valence-corrected chi connectivity index (χ1v) is 10.1. The van der Waals surface area contributed by atoms with Crippen molar-refractivity contribution in [2.75, 3.05) is 39.5 Å². The molecule has 4 heterocycles. The first kappa shape index (κ1) is 11.7. The van der Waals surface area contributed by atoms with Crippen LogP contribution in [0.1, 0.15) is 5.76 Å². The third kappa shape index (κ3) is 2.74. The summed E-state index contributed by atoms with van der Waals surface area (Å²) in [6, 6.07) is 3.85. The van der Waals surface area contributed by atoms with Crippen LogP contribution in [0.3, 0.4) is 0 Å². The summed E-state index contributed by atoms with van der Waals surface area (Å²) in [6.45, 7) is 5.08. The Bertz CT molecular complexity index is 330. The molecule has 17 heavy (non-hydrogen) atoms. The van der Waals surface area contributed by atoms with Gasteiger partial charge in [0.15, 0.2) is 0 Å². The predicted octanol–water partition coefficient (Wildman–Crippen LogP) is 0.679. The fraction of sp³-hybridized carbons (Fsp3) is 0.636. The van der Waals surface area contributed by atoms with Gasteiger partial charge in [-0.05, 0) is 0 Å². The van der Waals surface area contributed by atoms with Crippen molar-refractivity contribution in [3.63, 3.8) is 0 Å². The van der Waals surface area contributed by atoms with Gasteiger partial charge in [-0.25, -0.2) is 0 Å². The van der Waals surface area contributed by atoms with Gasteiger partial charge in [-0.1, -0.05) is 0 Å². The van der Waals surface area contributed by atoms with Crippen LogP contribution in [-0.2, 0) is 16.5 Å². The predicted molar refractivity (Wildman–Crippen MR) is 62.5 cm³/mol. The molecule has 94 valence electrons. The Hall–Kier alpha value is -0.337.